The number of nitrogens with two attached hydrogens (primary N) is 1. The molecule has 0 aliphatic heterocycles. The zero-order valence-electron chi connectivity index (χ0n) is 22.1. The predicted octanol–water partition coefficient (Wildman–Crippen LogP) is 5.48. The van der Waals surface area contributed by atoms with Crippen LogP contribution in [0.15, 0.2) is 71.8 Å². The second kappa shape index (κ2) is 9.94. The van der Waals surface area contributed by atoms with E-state index in [1.807, 2.05) is 32.0 Å². The van der Waals surface area contributed by atoms with E-state index in [4.69, 9.17) is 5.73 Å². The number of aryl methyl sites for hydroxylation is 2. The summed E-state index contributed by atoms with van der Waals surface area (Å²) in [6.45, 7) is 3.53. The third kappa shape index (κ3) is 4.68. The first-order valence-electron chi connectivity index (χ1n) is 12.6. The van der Waals surface area contributed by atoms with E-state index >= 15 is 0 Å². The maximum atomic E-state index is 14.9. The number of anilines is 1. The molecule has 3 aromatic carbocycles. The number of ether oxygens (including phenoxy) is 1. The molecular weight excluding hydrogens is 554 g/mol. The number of benzene rings is 3. The average Bonchev–Trinajstić information content (AvgIpc) is 3.29. The molecule has 6 rings (SSSR count). The van der Waals surface area contributed by atoms with Crippen molar-refractivity contribution in [3.63, 3.8) is 0 Å². The van der Waals surface area contributed by atoms with Gasteiger partial charge >= 0.3 is 6.36 Å². The van der Waals surface area contributed by atoms with Crippen LogP contribution in [-0.2, 0) is 6.54 Å². The molecule has 0 aliphatic carbocycles. The van der Waals surface area contributed by atoms with E-state index in [1.54, 1.807) is 6.07 Å². The van der Waals surface area contributed by atoms with Crippen LogP contribution in [0.2, 0.25) is 0 Å². The van der Waals surface area contributed by atoms with Crippen LogP contribution in [0, 0.1) is 19.7 Å². The van der Waals surface area contributed by atoms with Gasteiger partial charge < -0.3 is 10.5 Å². The highest BCUT2D eigenvalue weighted by Crippen LogP contribution is 2.34. The summed E-state index contributed by atoms with van der Waals surface area (Å²) in [6, 6.07) is 15.0. The summed E-state index contributed by atoms with van der Waals surface area (Å²) in [7, 11) is 0. The molecule has 0 saturated carbocycles. The van der Waals surface area contributed by atoms with Crippen molar-refractivity contribution in [2.75, 3.05) is 5.73 Å². The largest absolute Gasteiger partial charge is 0.573 e. The topological polar surface area (TPSA) is 114 Å². The van der Waals surface area contributed by atoms with E-state index < -0.39 is 23.5 Å². The predicted molar refractivity (Wildman–Crippen MR) is 148 cm³/mol. The zero-order valence-corrected chi connectivity index (χ0v) is 22.1. The molecule has 2 N–H and O–H groups in total. The minimum absolute atomic E-state index is 0.0454. The Morgan fingerprint density at radius 3 is 2.40 bits per heavy atom. The molecule has 13 heteroatoms. The summed E-state index contributed by atoms with van der Waals surface area (Å²) in [6.07, 6.45) is -3.66. The smallest absolute Gasteiger partial charge is 0.406 e. The van der Waals surface area contributed by atoms with Gasteiger partial charge in [0.05, 0.1) is 16.6 Å². The third-order valence-electron chi connectivity index (χ3n) is 6.77. The van der Waals surface area contributed by atoms with Crippen molar-refractivity contribution >= 4 is 27.8 Å². The molecule has 0 amide bonds. The molecule has 42 heavy (non-hydrogen) atoms. The minimum atomic E-state index is -4.89. The zero-order chi connectivity index (χ0) is 29.8. The molecule has 3 aromatic heterocycles. The number of rotatable bonds is 5. The third-order valence-corrected chi connectivity index (χ3v) is 6.77. The van der Waals surface area contributed by atoms with Gasteiger partial charge in [-0.15, -0.1) is 13.2 Å². The SMILES string of the molecule is Cc1cccc(C)c1-n1c(Cn2nc(-c3cccc(OC(F)(F)F)c3)c3c(N)ncnc32)nc2cccc(F)c2c1=O. The van der Waals surface area contributed by atoms with Crippen LogP contribution in [0.4, 0.5) is 23.4 Å². The van der Waals surface area contributed by atoms with E-state index in [0.717, 1.165) is 17.2 Å². The molecule has 0 saturated heterocycles. The lowest BCUT2D eigenvalue weighted by atomic mass is 10.1. The van der Waals surface area contributed by atoms with Gasteiger partial charge in [-0.1, -0.05) is 36.4 Å². The van der Waals surface area contributed by atoms with E-state index in [-0.39, 0.29) is 51.4 Å². The molecule has 212 valence electrons. The van der Waals surface area contributed by atoms with Crippen molar-refractivity contribution in [2.45, 2.75) is 26.8 Å². The highest BCUT2D eigenvalue weighted by molar-refractivity contribution is 5.98. The molecule has 3 heterocycles. The molecule has 0 atom stereocenters. The molecule has 9 nitrogen and oxygen atoms in total. The normalized spacial score (nSPS) is 11.9. The van der Waals surface area contributed by atoms with E-state index in [2.05, 4.69) is 24.8 Å². The Morgan fingerprint density at radius 1 is 0.952 bits per heavy atom. The summed E-state index contributed by atoms with van der Waals surface area (Å²) >= 11 is 0. The van der Waals surface area contributed by atoms with Crippen LogP contribution in [-0.4, -0.2) is 35.7 Å². The van der Waals surface area contributed by atoms with Gasteiger partial charge in [0, 0.05) is 5.56 Å². The van der Waals surface area contributed by atoms with Crippen molar-refractivity contribution in [1.82, 2.24) is 29.3 Å². The van der Waals surface area contributed by atoms with E-state index in [9.17, 15) is 22.4 Å². The first kappa shape index (κ1) is 26.9. The molecule has 0 bridgehead atoms. The van der Waals surface area contributed by atoms with Gasteiger partial charge in [0.1, 0.15) is 47.2 Å². The summed E-state index contributed by atoms with van der Waals surface area (Å²) < 4.78 is 60.5. The lowest BCUT2D eigenvalue weighted by molar-refractivity contribution is -0.274. The van der Waals surface area contributed by atoms with E-state index in [0.29, 0.717) is 5.69 Å². The Kier molecular flexibility index (Phi) is 6.36. The van der Waals surface area contributed by atoms with Crippen LogP contribution < -0.4 is 16.0 Å². The lowest BCUT2D eigenvalue weighted by Crippen LogP contribution is -2.27. The fourth-order valence-corrected chi connectivity index (χ4v) is 5.05. The van der Waals surface area contributed by atoms with Gasteiger partial charge in [-0.3, -0.25) is 9.36 Å². The lowest BCUT2D eigenvalue weighted by Gasteiger charge is -2.18. The van der Waals surface area contributed by atoms with Gasteiger partial charge in [0.15, 0.2) is 5.65 Å². The molecule has 6 aromatic rings. The number of hydrogen-bond donors (Lipinski definition) is 1. The van der Waals surface area contributed by atoms with Gasteiger partial charge in [-0.05, 0) is 49.2 Å². The van der Waals surface area contributed by atoms with Gasteiger partial charge in [0.2, 0.25) is 0 Å². The first-order valence-corrected chi connectivity index (χ1v) is 12.6. The maximum absolute atomic E-state index is 14.9. The minimum Gasteiger partial charge on any atom is -0.406 e. The molecule has 0 aliphatic rings. The summed E-state index contributed by atoms with van der Waals surface area (Å²) in [5.41, 5.74) is 8.51. The Morgan fingerprint density at radius 2 is 1.67 bits per heavy atom. The fourth-order valence-electron chi connectivity index (χ4n) is 5.05. The molecule has 0 spiro atoms. The maximum Gasteiger partial charge on any atom is 0.573 e. The van der Waals surface area contributed by atoms with Crippen LogP contribution in [0.3, 0.4) is 0 Å². The Labute approximate surface area is 234 Å². The van der Waals surface area contributed by atoms with E-state index in [1.165, 1.54) is 45.9 Å². The number of nitrogens with zero attached hydrogens (tertiary/aromatic N) is 6. The highest BCUT2D eigenvalue weighted by atomic mass is 19.4. The van der Waals surface area contributed by atoms with Crippen molar-refractivity contribution in [1.29, 1.82) is 0 Å². The quantitative estimate of drug-likeness (QED) is 0.271. The number of hydrogen-bond acceptors (Lipinski definition) is 7. The highest BCUT2D eigenvalue weighted by Gasteiger charge is 2.31. The van der Waals surface area contributed by atoms with Gasteiger partial charge in [-0.2, -0.15) is 5.10 Å². The summed E-state index contributed by atoms with van der Waals surface area (Å²) in [4.78, 5) is 26.9. The van der Waals surface area contributed by atoms with Gasteiger partial charge in [-0.25, -0.2) is 24.0 Å². The first-order chi connectivity index (χ1) is 20.0. The number of halogens is 4. The molecule has 0 radical (unpaired) electrons. The van der Waals surface area contributed by atoms with Crippen molar-refractivity contribution in [2.24, 2.45) is 0 Å². The van der Waals surface area contributed by atoms with Crippen molar-refractivity contribution in [3.8, 4) is 22.7 Å². The molecule has 0 fully saturated rings. The number of alkyl halides is 3. The Bertz CT molecular complexity index is 2050. The number of nitrogen functional groups attached to an aromatic ring is 1. The fraction of sp³-hybridized carbons (Fsp3) is 0.138. The molecule has 0 unspecified atom stereocenters. The number of aromatic nitrogens is 6. The van der Waals surface area contributed by atoms with Crippen LogP contribution in [0.25, 0.3) is 38.9 Å². The monoisotopic (exact) mass is 575 g/mol. The average molecular weight is 576 g/mol. The second-order valence-corrected chi connectivity index (χ2v) is 9.58. The standard InChI is InChI=1S/C29H21F4N7O2/c1-15-6-3-7-16(2)25(15)40-21(37-20-11-5-10-19(30)22(20)28(40)41)13-39-27-23(26(34)35-14-36-27)24(38-39)17-8-4-9-18(12-17)42-29(31,32)33/h3-12,14H,13H2,1-2H3,(H2,34,35,36). The second-order valence-electron chi connectivity index (χ2n) is 9.58. The Balaban J connectivity index is 1.59. The molecular formula is C29H21F4N7O2. The van der Waals surface area contributed by atoms with Crippen LogP contribution in [0.5, 0.6) is 5.75 Å². The van der Waals surface area contributed by atoms with Crippen molar-refractivity contribution in [3.05, 3.63) is 100 Å². The summed E-state index contributed by atoms with van der Waals surface area (Å²) in [5.74, 6) is -0.882. The van der Waals surface area contributed by atoms with Crippen molar-refractivity contribution < 1.29 is 22.3 Å². The summed E-state index contributed by atoms with van der Waals surface area (Å²) in [5, 5.41) is 4.75. The van der Waals surface area contributed by atoms with Gasteiger partial charge in [0.25, 0.3) is 5.56 Å². The Hall–Kier alpha value is -5.33. The van der Waals surface area contributed by atoms with Crippen LogP contribution >= 0.6 is 0 Å². The van der Waals surface area contributed by atoms with Crippen LogP contribution in [0.1, 0.15) is 17.0 Å². The number of para-hydroxylation sites is 1. The number of fused-ring (bicyclic) bond motifs is 2.